The van der Waals surface area contributed by atoms with Gasteiger partial charge in [0.25, 0.3) is 5.91 Å². The number of guanidine groups is 1. The molecular weight excluding hydrogens is 240 g/mol. The van der Waals surface area contributed by atoms with Crippen LogP contribution in [0.4, 0.5) is 0 Å². The second-order valence-corrected chi connectivity index (χ2v) is 7.01. The van der Waals surface area contributed by atoms with Crippen LogP contribution in [0.2, 0.25) is 0 Å². The van der Waals surface area contributed by atoms with Gasteiger partial charge in [-0.1, -0.05) is 6.42 Å². The smallest absolute Gasteiger partial charge is 0.256 e. The normalized spacial score (nSPS) is 35.2. The van der Waals surface area contributed by atoms with E-state index in [1.54, 1.807) is 0 Å². The van der Waals surface area contributed by atoms with Crippen LogP contribution >= 0.6 is 0 Å². The lowest BCUT2D eigenvalue weighted by atomic mass is 9.86. The SMILES string of the molecule is CC(C)(C)NC1=NC2(CCN3CCCCC32)C(=O)N1. The second-order valence-electron chi connectivity index (χ2n) is 7.01. The maximum absolute atomic E-state index is 12.5. The number of carbonyl (C=O) groups excluding carboxylic acids is 1. The third-order valence-electron chi connectivity index (χ3n) is 4.37. The first-order valence-electron chi connectivity index (χ1n) is 7.34. The molecule has 0 aromatic heterocycles. The average molecular weight is 264 g/mol. The van der Waals surface area contributed by atoms with Crippen LogP contribution in [0.5, 0.6) is 0 Å². The Bertz CT molecular complexity index is 426. The maximum Gasteiger partial charge on any atom is 0.256 e. The fourth-order valence-corrected chi connectivity index (χ4v) is 3.58. The molecule has 0 saturated carbocycles. The Morgan fingerprint density at radius 3 is 2.89 bits per heavy atom. The van der Waals surface area contributed by atoms with Crippen molar-refractivity contribution in [3.05, 3.63) is 0 Å². The van der Waals surface area contributed by atoms with Crippen LogP contribution in [0, 0.1) is 0 Å². The molecule has 0 aromatic rings. The van der Waals surface area contributed by atoms with Crippen molar-refractivity contribution in [2.24, 2.45) is 4.99 Å². The standard InChI is InChI=1S/C14H24N4O/c1-13(2,3)16-12-15-11(19)14(17-12)7-9-18-8-5-4-6-10(14)18/h10H,4-9H2,1-3H3,(H2,15,16,17,19). The van der Waals surface area contributed by atoms with Crippen LogP contribution in [-0.4, -0.2) is 47.0 Å². The molecule has 0 bridgehead atoms. The summed E-state index contributed by atoms with van der Waals surface area (Å²) in [4.78, 5) is 19.7. The van der Waals surface area contributed by atoms with E-state index in [0.29, 0.717) is 12.0 Å². The first-order valence-corrected chi connectivity index (χ1v) is 7.34. The number of nitrogens with zero attached hydrogens (tertiary/aromatic N) is 2. The van der Waals surface area contributed by atoms with Crippen LogP contribution < -0.4 is 10.6 Å². The fourth-order valence-electron chi connectivity index (χ4n) is 3.58. The van der Waals surface area contributed by atoms with Crippen LogP contribution in [-0.2, 0) is 4.79 Å². The number of nitrogens with one attached hydrogen (secondary N) is 2. The van der Waals surface area contributed by atoms with Gasteiger partial charge >= 0.3 is 0 Å². The number of piperidine rings is 1. The summed E-state index contributed by atoms with van der Waals surface area (Å²) in [5.74, 6) is 0.749. The molecule has 0 radical (unpaired) electrons. The number of hydrogen-bond donors (Lipinski definition) is 2. The Morgan fingerprint density at radius 1 is 1.37 bits per heavy atom. The number of amides is 1. The summed E-state index contributed by atoms with van der Waals surface area (Å²) < 4.78 is 0. The third-order valence-corrected chi connectivity index (χ3v) is 4.37. The molecule has 1 amide bonds. The lowest BCUT2D eigenvalue weighted by Crippen LogP contribution is -2.52. The molecule has 1 spiro atoms. The van der Waals surface area contributed by atoms with Crippen molar-refractivity contribution in [1.82, 2.24) is 15.5 Å². The van der Waals surface area contributed by atoms with Crippen molar-refractivity contribution in [3.63, 3.8) is 0 Å². The van der Waals surface area contributed by atoms with E-state index in [9.17, 15) is 4.79 Å². The molecule has 2 atom stereocenters. The summed E-state index contributed by atoms with van der Waals surface area (Å²) in [6, 6.07) is 0.306. The minimum atomic E-state index is -0.520. The molecule has 3 heterocycles. The highest BCUT2D eigenvalue weighted by Crippen LogP contribution is 2.39. The van der Waals surface area contributed by atoms with Gasteiger partial charge < -0.3 is 5.32 Å². The van der Waals surface area contributed by atoms with Crippen LogP contribution in [0.1, 0.15) is 46.5 Å². The molecule has 3 aliphatic heterocycles. The zero-order chi connectivity index (χ0) is 13.7. The van der Waals surface area contributed by atoms with Crippen molar-refractivity contribution >= 4 is 11.9 Å². The van der Waals surface area contributed by atoms with E-state index in [2.05, 4.69) is 36.3 Å². The van der Waals surface area contributed by atoms with E-state index in [-0.39, 0.29) is 11.4 Å². The molecule has 3 rings (SSSR count). The van der Waals surface area contributed by atoms with E-state index in [1.165, 1.54) is 12.8 Å². The van der Waals surface area contributed by atoms with Crippen molar-refractivity contribution in [2.75, 3.05) is 13.1 Å². The number of carbonyl (C=O) groups is 1. The van der Waals surface area contributed by atoms with Gasteiger partial charge in [-0.15, -0.1) is 0 Å². The fraction of sp³-hybridized carbons (Fsp3) is 0.857. The molecular formula is C14H24N4O. The van der Waals surface area contributed by atoms with Gasteiger partial charge in [0, 0.05) is 18.1 Å². The second kappa shape index (κ2) is 4.20. The van der Waals surface area contributed by atoms with Gasteiger partial charge in [-0.05, 0) is 46.6 Å². The van der Waals surface area contributed by atoms with Crippen molar-refractivity contribution in [2.45, 2.75) is 63.6 Å². The predicted octanol–water partition coefficient (Wildman–Crippen LogP) is 0.857. The Kier molecular flexibility index (Phi) is 2.85. The highest BCUT2D eigenvalue weighted by Gasteiger charge is 2.56. The summed E-state index contributed by atoms with van der Waals surface area (Å²) in [6.45, 7) is 8.36. The Balaban J connectivity index is 1.85. The van der Waals surface area contributed by atoms with Gasteiger partial charge in [-0.3, -0.25) is 15.0 Å². The van der Waals surface area contributed by atoms with Gasteiger partial charge in [-0.2, -0.15) is 0 Å². The lowest BCUT2D eigenvalue weighted by Gasteiger charge is -2.34. The summed E-state index contributed by atoms with van der Waals surface area (Å²) in [5.41, 5.74) is -0.601. The van der Waals surface area contributed by atoms with Crippen molar-refractivity contribution in [1.29, 1.82) is 0 Å². The number of rotatable bonds is 0. The van der Waals surface area contributed by atoms with Gasteiger partial charge in [0.15, 0.2) is 11.5 Å². The van der Waals surface area contributed by atoms with Gasteiger partial charge in [0.1, 0.15) is 0 Å². The number of fused-ring (bicyclic) bond motifs is 2. The largest absolute Gasteiger partial charge is 0.351 e. The molecule has 5 heteroatoms. The molecule has 2 unspecified atom stereocenters. The van der Waals surface area contributed by atoms with E-state index >= 15 is 0 Å². The van der Waals surface area contributed by atoms with E-state index < -0.39 is 5.54 Å². The molecule has 3 aliphatic rings. The zero-order valence-corrected chi connectivity index (χ0v) is 12.1. The topological polar surface area (TPSA) is 56.7 Å². The maximum atomic E-state index is 12.5. The summed E-state index contributed by atoms with van der Waals surface area (Å²) in [6.07, 6.45) is 4.43. The van der Waals surface area contributed by atoms with Crippen molar-refractivity contribution < 1.29 is 4.79 Å². The zero-order valence-electron chi connectivity index (χ0n) is 12.1. The van der Waals surface area contributed by atoms with Crippen molar-refractivity contribution in [3.8, 4) is 0 Å². The summed E-state index contributed by atoms with van der Waals surface area (Å²) in [7, 11) is 0. The van der Waals surface area contributed by atoms with Crippen LogP contribution in [0.3, 0.4) is 0 Å². The predicted molar refractivity (Wildman–Crippen MR) is 75.0 cm³/mol. The first-order chi connectivity index (χ1) is 8.91. The molecule has 0 aliphatic carbocycles. The summed E-state index contributed by atoms with van der Waals surface area (Å²) in [5, 5.41) is 6.24. The van der Waals surface area contributed by atoms with Gasteiger partial charge in [0.05, 0.1) is 0 Å². The van der Waals surface area contributed by atoms with E-state index in [4.69, 9.17) is 4.99 Å². The lowest BCUT2D eigenvalue weighted by molar-refractivity contribution is -0.124. The highest BCUT2D eigenvalue weighted by atomic mass is 16.2. The average Bonchev–Trinajstić information content (AvgIpc) is 2.81. The Labute approximate surface area is 114 Å². The molecule has 2 fully saturated rings. The number of aliphatic imine (C=N–C) groups is 1. The van der Waals surface area contributed by atoms with Crippen LogP contribution in [0.15, 0.2) is 4.99 Å². The minimum Gasteiger partial charge on any atom is -0.351 e. The Hall–Kier alpha value is -1.10. The molecule has 2 saturated heterocycles. The highest BCUT2D eigenvalue weighted by molar-refractivity contribution is 6.08. The van der Waals surface area contributed by atoms with Gasteiger partial charge in [0.2, 0.25) is 0 Å². The molecule has 2 N–H and O–H groups in total. The Morgan fingerprint density at radius 2 is 2.16 bits per heavy atom. The van der Waals surface area contributed by atoms with Crippen LogP contribution in [0.25, 0.3) is 0 Å². The van der Waals surface area contributed by atoms with E-state index in [1.807, 2.05) is 0 Å². The molecule has 19 heavy (non-hydrogen) atoms. The molecule has 106 valence electrons. The minimum absolute atomic E-state index is 0.0809. The summed E-state index contributed by atoms with van der Waals surface area (Å²) >= 11 is 0. The number of hydrogen-bond acceptors (Lipinski definition) is 4. The molecule has 5 nitrogen and oxygen atoms in total. The first kappa shape index (κ1) is 12.9. The molecule has 0 aromatic carbocycles. The van der Waals surface area contributed by atoms with Gasteiger partial charge in [-0.25, -0.2) is 4.99 Å². The quantitative estimate of drug-likeness (QED) is 0.682. The third kappa shape index (κ3) is 2.14. The van der Waals surface area contributed by atoms with E-state index in [0.717, 1.165) is 25.9 Å². The monoisotopic (exact) mass is 264 g/mol.